The fourth-order valence-corrected chi connectivity index (χ4v) is 2.49. The number of hydrogen-bond acceptors (Lipinski definition) is 3. The maximum atomic E-state index is 5.69. The van der Waals surface area contributed by atoms with E-state index >= 15 is 0 Å². The molecule has 17 heavy (non-hydrogen) atoms. The zero-order valence-corrected chi connectivity index (χ0v) is 10.9. The number of pyridine rings is 1. The van der Waals surface area contributed by atoms with Gasteiger partial charge in [-0.05, 0) is 63.7 Å². The molecule has 1 saturated carbocycles. The number of nitrogens with one attached hydrogen (secondary N) is 1. The minimum absolute atomic E-state index is 0.210. The van der Waals surface area contributed by atoms with Crippen molar-refractivity contribution in [2.75, 3.05) is 13.6 Å². The van der Waals surface area contributed by atoms with Gasteiger partial charge in [-0.25, -0.2) is 0 Å². The van der Waals surface area contributed by atoms with Crippen LogP contribution in [0.3, 0.4) is 0 Å². The van der Waals surface area contributed by atoms with Gasteiger partial charge in [0, 0.05) is 6.20 Å². The lowest BCUT2D eigenvalue weighted by Gasteiger charge is -2.37. The Kier molecular flexibility index (Phi) is 4.00. The van der Waals surface area contributed by atoms with Gasteiger partial charge in [-0.1, -0.05) is 0 Å². The zero-order valence-electron chi connectivity index (χ0n) is 10.9. The highest BCUT2D eigenvalue weighted by Crippen LogP contribution is 2.42. The van der Waals surface area contributed by atoms with Crippen LogP contribution >= 0.6 is 0 Å². The number of nitrogens with zero attached hydrogens (tertiary/aromatic N) is 1. The van der Waals surface area contributed by atoms with Crippen LogP contribution in [-0.4, -0.2) is 24.7 Å². The van der Waals surface area contributed by atoms with Crippen LogP contribution in [-0.2, 0) is 0 Å². The minimum atomic E-state index is 0.210. The molecule has 0 saturated heterocycles. The molecule has 3 heteroatoms. The van der Waals surface area contributed by atoms with Crippen molar-refractivity contribution in [3.8, 4) is 5.75 Å². The van der Waals surface area contributed by atoms with E-state index in [2.05, 4.69) is 16.4 Å². The summed E-state index contributed by atoms with van der Waals surface area (Å²) in [5.74, 6) is 2.31. The van der Waals surface area contributed by atoms with Crippen LogP contribution < -0.4 is 10.1 Å². The van der Waals surface area contributed by atoms with Crippen molar-refractivity contribution < 1.29 is 4.74 Å². The molecule has 0 spiro atoms. The summed E-state index contributed by atoms with van der Waals surface area (Å²) in [4.78, 5) is 4.29. The van der Waals surface area contributed by atoms with Crippen molar-refractivity contribution in [2.45, 2.75) is 38.7 Å². The van der Waals surface area contributed by atoms with E-state index in [9.17, 15) is 0 Å². The Hall–Kier alpha value is -1.09. The summed E-state index contributed by atoms with van der Waals surface area (Å²) in [7, 11) is 2.02. The Morgan fingerprint density at radius 1 is 1.41 bits per heavy atom. The third-order valence-corrected chi connectivity index (χ3v) is 3.42. The summed E-state index contributed by atoms with van der Waals surface area (Å²) in [6.07, 6.45) is 6.59. The summed E-state index contributed by atoms with van der Waals surface area (Å²) < 4.78 is 5.69. The monoisotopic (exact) mass is 234 g/mol. The molecule has 1 fully saturated rings. The largest absolute Gasteiger partial charge is 0.489 e. The van der Waals surface area contributed by atoms with Gasteiger partial charge >= 0.3 is 0 Å². The van der Waals surface area contributed by atoms with Gasteiger partial charge in [0.25, 0.3) is 0 Å². The first-order valence-corrected chi connectivity index (χ1v) is 6.47. The molecule has 2 unspecified atom stereocenters. The second-order valence-electron chi connectivity index (χ2n) is 5.12. The molecule has 94 valence electrons. The van der Waals surface area contributed by atoms with E-state index in [1.165, 1.54) is 18.4 Å². The summed E-state index contributed by atoms with van der Waals surface area (Å²) in [6, 6.07) is 2.15. The van der Waals surface area contributed by atoms with E-state index < -0.39 is 0 Å². The van der Waals surface area contributed by atoms with Crippen LogP contribution in [0, 0.1) is 5.92 Å². The van der Waals surface area contributed by atoms with Crippen LogP contribution in [0.15, 0.2) is 18.5 Å². The predicted octanol–water partition coefficient (Wildman–Crippen LogP) is 2.58. The second kappa shape index (κ2) is 5.50. The molecule has 1 aliphatic rings. The predicted molar refractivity (Wildman–Crippen MR) is 69.4 cm³/mol. The van der Waals surface area contributed by atoms with Gasteiger partial charge in [0.15, 0.2) is 0 Å². The summed E-state index contributed by atoms with van der Waals surface area (Å²) in [5.41, 5.74) is 1.33. The Bertz CT molecular complexity index is 365. The fourth-order valence-electron chi connectivity index (χ4n) is 2.49. The van der Waals surface area contributed by atoms with Crippen molar-refractivity contribution in [3.63, 3.8) is 0 Å². The number of hydrogen-bond donors (Lipinski definition) is 1. The molecule has 0 bridgehead atoms. The Labute approximate surface area is 104 Å². The highest BCUT2D eigenvalue weighted by Gasteiger charge is 2.31. The van der Waals surface area contributed by atoms with Gasteiger partial charge in [0.2, 0.25) is 0 Å². The lowest BCUT2D eigenvalue weighted by molar-refractivity contribution is 0.235. The molecule has 3 nitrogen and oxygen atoms in total. The van der Waals surface area contributed by atoms with E-state index in [-0.39, 0.29) is 6.10 Å². The van der Waals surface area contributed by atoms with E-state index in [0.717, 1.165) is 18.2 Å². The number of ether oxygens (including phenoxy) is 1. The van der Waals surface area contributed by atoms with Crippen LogP contribution in [0.25, 0.3) is 0 Å². The van der Waals surface area contributed by atoms with E-state index in [4.69, 9.17) is 4.74 Å². The van der Waals surface area contributed by atoms with Crippen molar-refractivity contribution in [1.82, 2.24) is 10.3 Å². The third-order valence-electron chi connectivity index (χ3n) is 3.42. The first-order valence-electron chi connectivity index (χ1n) is 6.47. The Balaban J connectivity index is 2.05. The Morgan fingerprint density at radius 3 is 2.82 bits per heavy atom. The maximum absolute atomic E-state index is 5.69. The topological polar surface area (TPSA) is 34.2 Å². The van der Waals surface area contributed by atoms with Gasteiger partial charge in [0.05, 0.1) is 12.3 Å². The average molecular weight is 234 g/mol. The lowest BCUT2D eigenvalue weighted by atomic mass is 9.70. The molecule has 1 N–H and O–H groups in total. The average Bonchev–Trinajstić information content (AvgIpc) is 2.24. The van der Waals surface area contributed by atoms with E-state index in [1.807, 2.05) is 27.1 Å². The molecule has 1 aliphatic carbocycles. The van der Waals surface area contributed by atoms with E-state index in [1.54, 1.807) is 6.20 Å². The quantitative estimate of drug-likeness (QED) is 0.850. The lowest BCUT2D eigenvalue weighted by Crippen LogP contribution is -2.32. The van der Waals surface area contributed by atoms with Crippen molar-refractivity contribution >= 4 is 0 Å². The summed E-state index contributed by atoms with van der Waals surface area (Å²) >= 11 is 0. The number of rotatable bonds is 5. The van der Waals surface area contributed by atoms with Gasteiger partial charge in [-0.2, -0.15) is 0 Å². The highest BCUT2D eigenvalue weighted by atomic mass is 16.5. The highest BCUT2D eigenvalue weighted by molar-refractivity contribution is 5.28. The second-order valence-corrected chi connectivity index (χ2v) is 5.12. The molecule has 2 rings (SSSR count). The fraction of sp³-hybridized carbons (Fsp3) is 0.643. The van der Waals surface area contributed by atoms with Gasteiger partial charge in [0.1, 0.15) is 5.75 Å². The van der Waals surface area contributed by atoms with Gasteiger partial charge in [-0.15, -0.1) is 0 Å². The first-order chi connectivity index (χ1) is 8.20. The first kappa shape index (κ1) is 12.4. The van der Waals surface area contributed by atoms with Gasteiger partial charge in [-0.3, -0.25) is 4.98 Å². The van der Waals surface area contributed by atoms with Gasteiger partial charge < -0.3 is 10.1 Å². The standard InChI is InChI=1S/C14H22N2O/c1-10(2)17-13-6-12(8-16-9-13)14-5-4-11(14)7-15-3/h6,8-11,14-15H,4-5,7H2,1-3H3. The summed E-state index contributed by atoms with van der Waals surface area (Å²) in [6.45, 7) is 5.18. The van der Waals surface area contributed by atoms with Crippen molar-refractivity contribution in [2.24, 2.45) is 5.92 Å². The third kappa shape index (κ3) is 2.97. The molecule has 1 heterocycles. The van der Waals surface area contributed by atoms with Crippen LogP contribution in [0.1, 0.15) is 38.2 Å². The van der Waals surface area contributed by atoms with Crippen molar-refractivity contribution in [1.29, 1.82) is 0 Å². The minimum Gasteiger partial charge on any atom is -0.489 e. The molecule has 2 atom stereocenters. The molecule has 1 aromatic rings. The molecular formula is C14H22N2O. The van der Waals surface area contributed by atoms with E-state index in [0.29, 0.717) is 5.92 Å². The molecule has 0 amide bonds. The van der Waals surface area contributed by atoms with Crippen molar-refractivity contribution in [3.05, 3.63) is 24.0 Å². The van der Waals surface area contributed by atoms with Crippen LogP contribution in [0.4, 0.5) is 0 Å². The zero-order chi connectivity index (χ0) is 12.3. The molecule has 0 aliphatic heterocycles. The summed E-state index contributed by atoms with van der Waals surface area (Å²) in [5, 5.41) is 3.26. The van der Waals surface area contributed by atoms with Crippen LogP contribution in [0.5, 0.6) is 5.75 Å². The SMILES string of the molecule is CNCC1CCC1c1cncc(OC(C)C)c1. The maximum Gasteiger partial charge on any atom is 0.138 e. The molecule has 1 aromatic heterocycles. The molecule has 0 radical (unpaired) electrons. The number of aromatic nitrogens is 1. The smallest absolute Gasteiger partial charge is 0.138 e. The molecular weight excluding hydrogens is 212 g/mol. The van der Waals surface area contributed by atoms with Crippen LogP contribution in [0.2, 0.25) is 0 Å². The Morgan fingerprint density at radius 2 is 2.24 bits per heavy atom. The molecule has 0 aromatic carbocycles. The normalized spacial score (nSPS) is 23.5.